The highest BCUT2D eigenvalue weighted by Crippen LogP contribution is 2.23. The first-order valence-corrected chi connectivity index (χ1v) is 6.44. The third kappa shape index (κ3) is 4.47. The first-order chi connectivity index (χ1) is 8.19. The van der Waals surface area contributed by atoms with Gasteiger partial charge in [-0.1, -0.05) is 6.92 Å². The standard InChI is InChI=1S/C11H19BrN4O/c1-4-5-13-11-14-8-9(12)10(15-11)16(2)6-7-17-3/h8H,4-7H2,1-3H3,(H,13,14,15). The summed E-state index contributed by atoms with van der Waals surface area (Å²) in [6, 6.07) is 0. The largest absolute Gasteiger partial charge is 0.383 e. The van der Waals surface area contributed by atoms with E-state index in [1.807, 2.05) is 11.9 Å². The number of rotatable bonds is 7. The highest BCUT2D eigenvalue weighted by molar-refractivity contribution is 9.10. The van der Waals surface area contributed by atoms with Crippen molar-refractivity contribution in [3.63, 3.8) is 0 Å². The lowest BCUT2D eigenvalue weighted by Gasteiger charge is -2.19. The van der Waals surface area contributed by atoms with Crippen molar-refractivity contribution in [1.82, 2.24) is 9.97 Å². The van der Waals surface area contributed by atoms with Crippen LogP contribution in [0.5, 0.6) is 0 Å². The van der Waals surface area contributed by atoms with Gasteiger partial charge in [0.15, 0.2) is 0 Å². The molecule has 0 bridgehead atoms. The molecule has 96 valence electrons. The lowest BCUT2D eigenvalue weighted by Crippen LogP contribution is -2.24. The number of nitrogens with one attached hydrogen (secondary N) is 1. The van der Waals surface area contributed by atoms with Crippen LogP contribution in [-0.2, 0) is 4.74 Å². The Morgan fingerprint density at radius 2 is 2.29 bits per heavy atom. The van der Waals surface area contributed by atoms with E-state index in [9.17, 15) is 0 Å². The van der Waals surface area contributed by atoms with Crippen LogP contribution in [-0.4, -0.2) is 43.8 Å². The van der Waals surface area contributed by atoms with Gasteiger partial charge in [-0.3, -0.25) is 0 Å². The summed E-state index contributed by atoms with van der Waals surface area (Å²) in [5.74, 6) is 1.53. The summed E-state index contributed by atoms with van der Waals surface area (Å²) in [4.78, 5) is 10.7. The number of likely N-dealkylation sites (N-methyl/N-ethyl adjacent to an activating group) is 1. The number of anilines is 2. The van der Waals surface area contributed by atoms with E-state index in [0.29, 0.717) is 12.6 Å². The van der Waals surface area contributed by atoms with E-state index >= 15 is 0 Å². The zero-order valence-electron chi connectivity index (χ0n) is 10.5. The van der Waals surface area contributed by atoms with Crippen molar-refractivity contribution >= 4 is 27.7 Å². The lowest BCUT2D eigenvalue weighted by atomic mass is 10.5. The summed E-state index contributed by atoms with van der Waals surface area (Å²) < 4.78 is 5.94. The molecule has 1 aromatic heterocycles. The molecule has 0 aliphatic heterocycles. The van der Waals surface area contributed by atoms with Gasteiger partial charge in [0.2, 0.25) is 5.95 Å². The van der Waals surface area contributed by atoms with Crippen LogP contribution in [0.15, 0.2) is 10.7 Å². The second kappa shape index (κ2) is 7.45. The Morgan fingerprint density at radius 1 is 1.53 bits per heavy atom. The van der Waals surface area contributed by atoms with Gasteiger partial charge in [0.1, 0.15) is 5.82 Å². The van der Waals surface area contributed by atoms with Crippen LogP contribution in [0.1, 0.15) is 13.3 Å². The molecule has 6 heteroatoms. The Hall–Kier alpha value is -0.880. The highest BCUT2D eigenvalue weighted by Gasteiger charge is 2.09. The van der Waals surface area contributed by atoms with Gasteiger partial charge < -0.3 is 15.0 Å². The summed E-state index contributed by atoms with van der Waals surface area (Å²) >= 11 is 3.46. The monoisotopic (exact) mass is 302 g/mol. The summed E-state index contributed by atoms with van der Waals surface area (Å²) in [7, 11) is 3.67. The molecule has 17 heavy (non-hydrogen) atoms. The molecule has 5 nitrogen and oxygen atoms in total. The molecule has 0 atom stereocenters. The Kier molecular flexibility index (Phi) is 6.21. The second-order valence-electron chi connectivity index (χ2n) is 3.71. The molecule has 0 aliphatic carbocycles. The van der Waals surface area contributed by atoms with Crippen molar-refractivity contribution in [1.29, 1.82) is 0 Å². The van der Waals surface area contributed by atoms with E-state index in [0.717, 1.165) is 29.8 Å². The number of ether oxygens (including phenoxy) is 1. The van der Waals surface area contributed by atoms with Gasteiger partial charge >= 0.3 is 0 Å². The van der Waals surface area contributed by atoms with Crippen LogP contribution in [0.25, 0.3) is 0 Å². The maximum Gasteiger partial charge on any atom is 0.224 e. The van der Waals surface area contributed by atoms with E-state index in [-0.39, 0.29) is 0 Å². The molecule has 0 radical (unpaired) electrons. The predicted molar refractivity (Wildman–Crippen MR) is 73.7 cm³/mol. The number of hydrogen-bond donors (Lipinski definition) is 1. The van der Waals surface area contributed by atoms with Gasteiger partial charge in [0.25, 0.3) is 0 Å². The van der Waals surface area contributed by atoms with Crippen LogP contribution in [0.4, 0.5) is 11.8 Å². The minimum atomic E-state index is 0.661. The molecular formula is C11H19BrN4O. The Labute approximate surface area is 111 Å². The number of aromatic nitrogens is 2. The topological polar surface area (TPSA) is 50.3 Å². The fraction of sp³-hybridized carbons (Fsp3) is 0.636. The van der Waals surface area contributed by atoms with Gasteiger partial charge in [0, 0.05) is 33.4 Å². The van der Waals surface area contributed by atoms with E-state index < -0.39 is 0 Å². The Morgan fingerprint density at radius 3 is 2.94 bits per heavy atom. The zero-order valence-corrected chi connectivity index (χ0v) is 12.1. The lowest BCUT2D eigenvalue weighted by molar-refractivity contribution is 0.206. The number of methoxy groups -OCH3 is 1. The molecule has 0 saturated carbocycles. The van der Waals surface area contributed by atoms with Crippen LogP contribution < -0.4 is 10.2 Å². The molecule has 0 spiro atoms. The molecule has 1 heterocycles. The molecule has 1 N–H and O–H groups in total. The quantitative estimate of drug-likeness (QED) is 0.836. The molecule has 0 saturated heterocycles. The first-order valence-electron chi connectivity index (χ1n) is 5.65. The summed E-state index contributed by atoms with van der Waals surface area (Å²) in [6.45, 7) is 4.45. The number of halogens is 1. The molecule has 0 amide bonds. The van der Waals surface area contributed by atoms with Crippen molar-refractivity contribution < 1.29 is 4.74 Å². The molecule has 0 unspecified atom stereocenters. The predicted octanol–water partition coefficient (Wildman–Crippen LogP) is 2.14. The van der Waals surface area contributed by atoms with Gasteiger partial charge in [0.05, 0.1) is 11.1 Å². The normalized spacial score (nSPS) is 10.4. The maximum atomic E-state index is 5.05. The first kappa shape index (κ1) is 14.2. The van der Waals surface area contributed by atoms with Crippen LogP contribution in [0.3, 0.4) is 0 Å². The van der Waals surface area contributed by atoms with Gasteiger partial charge in [-0.25, -0.2) is 4.98 Å². The van der Waals surface area contributed by atoms with Crippen molar-refractivity contribution in [2.75, 3.05) is 44.1 Å². The van der Waals surface area contributed by atoms with E-state index in [4.69, 9.17) is 4.74 Å². The van der Waals surface area contributed by atoms with Gasteiger partial charge in [-0.2, -0.15) is 4.98 Å². The van der Waals surface area contributed by atoms with E-state index in [1.165, 1.54) is 0 Å². The zero-order chi connectivity index (χ0) is 12.7. The smallest absolute Gasteiger partial charge is 0.224 e. The average Bonchev–Trinajstić information content (AvgIpc) is 2.35. The van der Waals surface area contributed by atoms with Crippen LogP contribution in [0, 0.1) is 0 Å². The van der Waals surface area contributed by atoms with E-state index in [1.54, 1.807) is 13.3 Å². The highest BCUT2D eigenvalue weighted by atomic mass is 79.9. The molecule has 0 fully saturated rings. The minimum absolute atomic E-state index is 0.661. The molecule has 1 rings (SSSR count). The number of hydrogen-bond acceptors (Lipinski definition) is 5. The van der Waals surface area contributed by atoms with Crippen molar-refractivity contribution in [2.45, 2.75) is 13.3 Å². The van der Waals surface area contributed by atoms with Gasteiger partial charge in [-0.15, -0.1) is 0 Å². The van der Waals surface area contributed by atoms with Crippen molar-refractivity contribution in [2.24, 2.45) is 0 Å². The molecule has 0 aromatic carbocycles. The third-order valence-corrected chi connectivity index (χ3v) is 2.81. The molecule has 0 aliphatic rings. The fourth-order valence-electron chi connectivity index (χ4n) is 1.28. The molecular weight excluding hydrogens is 284 g/mol. The van der Waals surface area contributed by atoms with Crippen molar-refractivity contribution in [3.8, 4) is 0 Å². The number of nitrogens with zero attached hydrogens (tertiary/aromatic N) is 3. The van der Waals surface area contributed by atoms with Crippen LogP contribution >= 0.6 is 15.9 Å². The molecule has 1 aromatic rings. The van der Waals surface area contributed by atoms with Crippen molar-refractivity contribution in [3.05, 3.63) is 10.7 Å². The van der Waals surface area contributed by atoms with Crippen LogP contribution in [0.2, 0.25) is 0 Å². The summed E-state index contributed by atoms with van der Waals surface area (Å²) in [6.07, 6.45) is 2.82. The second-order valence-corrected chi connectivity index (χ2v) is 4.56. The fourth-order valence-corrected chi connectivity index (χ4v) is 1.78. The third-order valence-electron chi connectivity index (χ3n) is 2.25. The van der Waals surface area contributed by atoms with Gasteiger partial charge in [-0.05, 0) is 22.4 Å². The minimum Gasteiger partial charge on any atom is -0.383 e. The summed E-state index contributed by atoms with van der Waals surface area (Å²) in [5.41, 5.74) is 0. The maximum absolute atomic E-state index is 5.05. The van der Waals surface area contributed by atoms with E-state index in [2.05, 4.69) is 38.1 Å². The average molecular weight is 303 g/mol. The Balaban J connectivity index is 2.74. The SMILES string of the molecule is CCCNc1ncc(Br)c(N(C)CCOC)n1. The summed E-state index contributed by atoms with van der Waals surface area (Å²) in [5, 5.41) is 3.17. The Bertz CT molecular complexity index is 348.